The highest BCUT2D eigenvalue weighted by Crippen LogP contribution is 2.32. The van der Waals surface area contributed by atoms with Gasteiger partial charge in [-0.05, 0) is 37.0 Å². The number of carbonyl (C=O) groups is 1. The summed E-state index contributed by atoms with van der Waals surface area (Å²) in [5, 5.41) is 20.7. The van der Waals surface area contributed by atoms with Crippen molar-refractivity contribution in [1.82, 2.24) is 0 Å². The monoisotopic (exact) mass is 379 g/mol. The second-order valence-corrected chi connectivity index (χ2v) is 7.00. The molecule has 2 aromatic rings. The Kier molecular flexibility index (Phi) is 5.90. The molecule has 0 unspecified atom stereocenters. The Labute approximate surface area is 163 Å². The molecule has 0 bridgehead atoms. The van der Waals surface area contributed by atoms with Crippen LogP contribution in [0.15, 0.2) is 42.5 Å². The Morgan fingerprint density at radius 2 is 2.14 bits per heavy atom. The third-order valence-electron chi connectivity index (χ3n) is 4.90. The van der Waals surface area contributed by atoms with Crippen LogP contribution in [0.1, 0.15) is 41.3 Å². The van der Waals surface area contributed by atoms with Gasteiger partial charge in [0.15, 0.2) is 0 Å². The quantitative estimate of drug-likeness (QED) is 0.441. The molecule has 144 valence electrons. The first-order chi connectivity index (χ1) is 13.5. The van der Waals surface area contributed by atoms with Gasteiger partial charge < -0.3 is 9.64 Å². The average Bonchev–Trinajstić information content (AvgIpc) is 2.71. The molecule has 28 heavy (non-hydrogen) atoms. The molecular formula is C21H21N3O4. The summed E-state index contributed by atoms with van der Waals surface area (Å²) < 4.78 is 5.27. The van der Waals surface area contributed by atoms with Gasteiger partial charge >= 0.3 is 5.97 Å². The number of nitro benzene ring substituents is 1. The topological polar surface area (TPSA) is 96.5 Å². The molecule has 1 atom stereocenters. The van der Waals surface area contributed by atoms with Crippen LogP contribution in [-0.2, 0) is 11.3 Å². The average molecular weight is 379 g/mol. The molecule has 0 radical (unpaired) electrons. The third-order valence-corrected chi connectivity index (χ3v) is 4.90. The van der Waals surface area contributed by atoms with Gasteiger partial charge in [0.1, 0.15) is 12.3 Å². The first-order valence-electron chi connectivity index (χ1n) is 9.18. The van der Waals surface area contributed by atoms with E-state index in [1.165, 1.54) is 6.07 Å². The first-order valence-corrected chi connectivity index (χ1v) is 9.18. The van der Waals surface area contributed by atoms with E-state index in [0.29, 0.717) is 22.7 Å². The summed E-state index contributed by atoms with van der Waals surface area (Å²) in [6.07, 6.45) is 2.10. The molecule has 0 N–H and O–H groups in total. The van der Waals surface area contributed by atoms with Crippen LogP contribution in [0.25, 0.3) is 0 Å². The highest BCUT2D eigenvalue weighted by atomic mass is 16.6. The van der Waals surface area contributed by atoms with Crippen molar-refractivity contribution in [3.8, 4) is 6.07 Å². The molecule has 0 aliphatic carbocycles. The maximum absolute atomic E-state index is 12.4. The molecule has 1 fully saturated rings. The van der Waals surface area contributed by atoms with Gasteiger partial charge in [-0.3, -0.25) is 10.1 Å². The molecule has 3 rings (SSSR count). The zero-order valence-electron chi connectivity index (χ0n) is 15.6. The fourth-order valence-corrected chi connectivity index (χ4v) is 3.45. The van der Waals surface area contributed by atoms with Gasteiger partial charge in [0.05, 0.1) is 22.1 Å². The summed E-state index contributed by atoms with van der Waals surface area (Å²) in [7, 11) is 0. The minimum Gasteiger partial charge on any atom is -0.457 e. The number of anilines is 1. The number of esters is 1. The molecule has 7 nitrogen and oxygen atoms in total. The van der Waals surface area contributed by atoms with Gasteiger partial charge in [0, 0.05) is 24.7 Å². The van der Waals surface area contributed by atoms with Crippen molar-refractivity contribution in [3.05, 3.63) is 69.3 Å². The van der Waals surface area contributed by atoms with E-state index >= 15 is 0 Å². The molecule has 0 aromatic heterocycles. The van der Waals surface area contributed by atoms with Gasteiger partial charge in [-0.15, -0.1) is 0 Å². The number of hydrogen-bond acceptors (Lipinski definition) is 6. The Morgan fingerprint density at radius 1 is 1.36 bits per heavy atom. The lowest BCUT2D eigenvalue weighted by Gasteiger charge is -2.32. The zero-order valence-corrected chi connectivity index (χ0v) is 15.6. The number of hydrogen-bond donors (Lipinski definition) is 0. The van der Waals surface area contributed by atoms with Crippen LogP contribution < -0.4 is 4.90 Å². The van der Waals surface area contributed by atoms with Crippen molar-refractivity contribution in [3.63, 3.8) is 0 Å². The fraction of sp³-hybridized carbons (Fsp3) is 0.333. The van der Waals surface area contributed by atoms with E-state index in [4.69, 9.17) is 10.00 Å². The largest absolute Gasteiger partial charge is 0.457 e. The van der Waals surface area contributed by atoms with Crippen LogP contribution in [0.5, 0.6) is 0 Å². The molecule has 0 amide bonds. The number of benzene rings is 2. The van der Waals surface area contributed by atoms with Crippen LogP contribution in [0.2, 0.25) is 0 Å². The van der Waals surface area contributed by atoms with Crippen LogP contribution in [0, 0.1) is 27.4 Å². The van der Waals surface area contributed by atoms with E-state index in [1.54, 1.807) is 36.4 Å². The molecule has 0 saturated carbocycles. The normalized spacial score (nSPS) is 16.3. The maximum Gasteiger partial charge on any atom is 0.338 e. The van der Waals surface area contributed by atoms with E-state index in [0.717, 1.165) is 25.9 Å². The molecule has 7 heteroatoms. The Bertz CT molecular complexity index is 935. The first kappa shape index (κ1) is 19.4. The molecule has 1 saturated heterocycles. The smallest absolute Gasteiger partial charge is 0.338 e. The predicted molar refractivity (Wildman–Crippen MR) is 104 cm³/mol. The molecule has 2 aromatic carbocycles. The Morgan fingerprint density at radius 3 is 2.86 bits per heavy atom. The number of rotatable bonds is 5. The van der Waals surface area contributed by atoms with Gasteiger partial charge in [-0.2, -0.15) is 5.26 Å². The SMILES string of the molecule is C[C@H]1CCCN(c2ccc(C(=O)OCc3ccccc3C#N)cc2[N+](=O)[O-])C1. The van der Waals surface area contributed by atoms with Gasteiger partial charge in [-0.25, -0.2) is 4.79 Å². The fourth-order valence-electron chi connectivity index (χ4n) is 3.45. The number of piperidine rings is 1. The van der Waals surface area contributed by atoms with E-state index in [2.05, 4.69) is 6.92 Å². The maximum atomic E-state index is 12.4. The second kappa shape index (κ2) is 8.53. The number of nitriles is 1. The second-order valence-electron chi connectivity index (χ2n) is 7.00. The summed E-state index contributed by atoms with van der Waals surface area (Å²) in [5.74, 6) is -0.187. The molecule has 1 aliphatic rings. The molecule has 0 spiro atoms. The van der Waals surface area contributed by atoms with Gasteiger partial charge in [0.2, 0.25) is 0 Å². The van der Waals surface area contributed by atoms with Crippen molar-refractivity contribution in [2.75, 3.05) is 18.0 Å². The van der Waals surface area contributed by atoms with Crippen LogP contribution in [0.3, 0.4) is 0 Å². The number of nitrogens with zero attached hydrogens (tertiary/aromatic N) is 3. The minimum absolute atomic E-state index is 0.0677. The molecular weight excluding hydrogens is 358 g/mol. The van der Waals surface area contributed by atoms with Crippen LogP contribution >= 0.6 is 0 Å². The highest BCUT2D eigenvalue weighted by Gasteiger charge is 2.25. The van der Waals surface area contributed by atoms with E-state index in [9.17, 15) is 14.9 Å². The lowest BCUT2D eigenvalue weighted by molar-refractivity contribution is -0.384. The number of ether oxygens (including phenoxy) is 1. The predicted octanol–water partition coefficient (Wildman–Crippen LogP) is 4.06. The Hall–Kier alpha value is -3.40. The highest BCUT2D eigenvalue weighted by molar-refractivity contribution is 5.91. The Balaban J connectivity index is 1.78. The minimum atomic E-state index is -0.658. The summed E-state index contributed by atoms with van der Waals surface area (Å²) in [5.41, 5.74) is 1.57. The van der Waals surface area contributed by atoms with Crippen LogP contribution in [0.4, 0.5) is 11.4 Å². The summed E-state index contributed by atoms with van der Waals surface area (Å²) in [6, 6.07) is 13.3. The van der Waals surface area contributed by atoms with Crippen molar-refractivity contribution in [2.24, 2.45) is 5.92 Å². The van der Waals surface area contributed by atoms with E-state index < -0.39 is 10.9 Å². The van der Waals surface area contributed by atoms with Crippen molar-refractivity contribution >= 4 is 17.3 Å². The summed E-state index contributed by atoms with van der Waals surface area (Å²) in [4.78, 5) is 25.5. The number of nitro groups is 1. The number of carbonyl (C=O) groups excluding carboxylic acids is 1. The molecule has 1 aliphatic heterocycles. The van der Waals surface area contributed by atoms with Crippen molar-refractivity contribution < 1.29 is 14.5 Å². The van der Waals surface area contributed by atoms with Crippen molar-refractivity contribution in [2.45, 2.75) is 26.4 Å². The lowest BCUT2D eigenvalue weighted by Crippen LogP contribution is -2.34. The van der Waals surface area contributed by atoms with E-state index in [1.807, 2.05) is 11.0 Å². The van der Waals surface area contributed by atoms with Gasteiger partial charge in [-0.1, -0.05) is 25.1 Å². The summed E-state index contributed by atoms with van der Waals surface area (Å²) in [6.45, 7) is 3.58. The molecule has 1 heterocycles. The standard InChI is InChI=1S/C21H21N3O4/c1-15-5-4-10-23(13-15)19-9-8-16(11-20(19)24(26)27)21(25)28-14-18-7-3-2-6-17(18)12-22/h2-3,6-9,11,15H,4-5,10,13-14H2,1H3/t15-/m0/s1. The summed E-state index contributed by atoms with van der Waals surface area (Å²) >= 11 is 0. The zero-order chi connectivity index (χ0) is 20.1. The van der Waals surface area contributed by atoms with E-state index in [-0.39, 0.29) is 17.9 Å². The third kappa shape index (κ3) is 4.29. The lowest BCUT2D eigenvalue weighted by atomic mass is 9.99. The van der Waals surface area contributed by atoms with Crippen molar-refractivity contribution in [1.29, 1.82) is 5.26 Å². The van der Waals surface area contributed by atoms with Crippen LogP contribution in [-0.4, -0.2) is 24.0 Å². The van der Waals surface area contributed by atoms with Gasteiger partial charge in [0.25, 0.3) is 5.69 Å².